The van der Waals surface area contributed by atoms with Crippen LogP contribution < -0.4 is 0 Å². The molecule has 0 saturated carbocycles. The van der Waals surface area contributed by atoms with Gasteiger partial charge >= 0.3 is 0 Å². The lowest BCUT2D eigenvalue weighted by Gasteiger charge is -2.32. The van der Waals surface area contributed by atoms with E-state index in [1.54, 1.807) is 11.3 Å². The molecule has 4 heteroatoms. The summed E-state index contributed by atoms with van der Waals surface area (Å²) in [5, 5.41) is 2.02. The molecule has 2 nitrogen and oxygen atoms in total. The first-order valence-corrected chi connectivity index (χ1v) is 8.09. The lowest BCUT2D eigenvalue weighted by atomic mass is 9.95. The number of alkyl halides is 1. The number of amides is 1. The molecule has 0 N–H and O–H groups in total. The van der Waals surface area contributed by atoms with Crippen LogP contribution in [0.15, 0.2) is 11.4 Å². The van der Waals surface area contributed by atoms with Gasteiger partial charge in [0.05, 0.1) is 4.88 Å². The van der Waals surface area contributed by atoms with E-state index in [1.807, 2.05) is 10.3 Å². The summed E-state index contributed by atoms with van der Waals surface area (Å²) in [6, 6.07) is 2.07. The SMILES string of the molecule is CCc1ccsc1C(=O)N1CCCC(CCCl)C1. The highest BCUT2D eigenvalue weighted by Gasteiger charge is 2.25. The van der Waals surface area contributed by atoms with Crippen molar-refractivity contribution >= 4 is 28.8 Å². The van der Waals surface area contributed by atoms with Crippen LogP contribution in [-0.2, 0) is 6.42 Å². The lowest BCUT2D eigenvalue weighted by Crippen LogP contribution is -2.40. The normalized spacial score (nSPS) is 20.1. The molecule has 2 heterocycles. The number of hydrogen-bond acceptors (Lipinski definition) is 2. The highest BCUT2D eigenvalue weighted by Crippen LogP contribution is 2.25. The van der Waals surface area contributed by atoms with Crippen LogP contribution in [0.3, 0.4) is 0 Å². The van der Waals surface area contributed by atoms with Crippen molar-refractivity contribution in [2.75, 3.05) is 19.0 Å². The zero-order valence-electron chi connectivity index (χ0n) is 10.8. The van der Waals surface area contributed by atoms with Crippen LogP contribution in [0.2, 0.25) is 0 Å². The number of rotatable bonds is 4. The fourth-order valence-corrected chi connectivity index (χ4v) is 3.86. The molecule has 1 atom stereocenters. The van der Waals surface area contributed by atoms with Crippen molar-refractivity contribution in [1.29, 1.82) is 0 Å². The first-order valence-electron chi connectivity index (χ1n) is 6.67. The molecule has 1 fully saturated rings. The molecule has 1 saturated heterocycles. The molecule has 100 valence electrons. The fraction of sp³-hybridized carbons (Fsp3) is 0.643. The second-order valence-electron chi connectivity index (χ2n) is 4.87. The summed E-state index contributed by atoms with van der Waals surface area (Å²) in [5.74, 6) is 1.51. The molecular formula is C14H20ClNOS. The summed E-state index contributed by atoms with van der Waals surface area (Å²) in [7, 11) is 0. The summed E-state index contributed by atoms with van der Waals surface area (Å²) in [5.41, 5.74) is 1.18. The molecule has 2 rings (SSSR count). The van der Waals surface area contributed by atoms with Gasteiger partial charge in [0.25, 0.3) is 5.91 Å². The predicted octanol–water partition coefficient (Wildman–Crippen LogP) is 3.79. The summed E-state index contributed by atoms with van der Waals surface area (Å²) in [6.45, 7) is 3.89. The van der Waals surface area contributed by atoms with Crippen molar-refractivity contribution in [3.63, 3.8) is 0 Å². The van der Waals surface area contributed by atoms with Crippen LogP contribution in [0.5, 0.6) is 0 Å². The third kappa shape index (κ3) is 3.07. The Morgan fingerprint density at radius 2 is 2.44 bits per heavy atom. The van der Waals surface area contributed by atoms with Crippen molar-refractivity contribution in [1.82, 2.24) is 4.90 Å². The van der Waals surface area contributed by atoms with E-state index in [9.17, 15) is 4.79 Å². The molecule has 1 amide bonds. The topological polar surface area (TPSA) is 20.3 Å². The van der Waals surface area contributed by atoms with Gasteiger partial charge in [0.1, 0.15) is 0 Å². The van der Waals surface area contributed by atoms with Gasteiger partial charge in [0.15, 0.2) is 0 Å². The number of likely N-dealkylation sites (tertiary alicyclic amines) is 1. The number of aryl methyl sites for hydroxylation is 1. The average Bonchev–Trinajstić information content (AvgIpc) is 2.87. The molecule has 1 aliphatic heterocycles. The Labute approximate surface area is 118 Å². The highest BCUT2D eigenvalue weighted by atomic mass is 35.5. The molecule has 1 aliphatic rings. The molecule has 1 aromatic rings. The maximum absolute atomic E-state index is 12.5. The zero-order valence-corrected chi connectivity index (χ0v) is 12.4. The van der Waals surface area contributed by atoms with Crippen LogP contribution >= 0.6 is 22.9 Å². The van der Waals surface area contributed by atoms with Crippen molar-refractivity contribution in [3.05, 3.63) is 21.9 Å². The van der Waals surface area contributed by atoms with Crippen molar-refractivity contribution in [2.45, 2.75) is 32.6 Å². The maximum atomic E-state index is 12.5. The largest absolute Gasteiger partial charge is 0.338 e. The fourth-order valence-electron chi connectivity index (χ4n) is 2.58. The van der Waals surface area contributed by atoms with Crippen LogP contribution in [0, 0.1) is 5.92 Å². The van der Waals surface area contributed by atoms with Gasteiger partial charge in [-0.25, -0.2) is 0 Å². The summed E-state index contributed by atoms with van der Waals surface area (Å²) < 4.78 is 0. The molecular weight excluding hydrogens is 266 g/mol. The monoisotopic (exact) mass is 285 g/mol. The Morgan fingerprint density at radius 1 is 1.61 bits per heavy atom. The van der Waals surface area contributed by atoms with Crippen molar-refractivity contribution in [2.24, 2.45) is 5.92 Å². The number of carbonyl (C=O) groups is 1. The second-order valence-corrected chi connectivity index (χ2v) is 6.16. The Balaban J connectivity index is 2.04. The van der Waals surface area contributed by atoms with Gasteiger partial charge in [-0.2, -0.15) is 0 Å². The molecule has 0 aliphatic carbocycles. The van der Waals surface area contributed by atoms with E-state index in [0.717, 1.165) is 37.2 Å². The van der Waals surface area contributed by atoms with Crippen LogP contribution in [0.4, 0.5) is 0 Å². The number of halogens is 1. The van der Waals surface area contributed by atoms with Gasteiger partial charge in [-0.15, -0.1) is 22.9 Å². The average molecular weight is 286 g/mol. The summed E-state index contributed by atoms with van der Waals surface area (Å²) in [6.07, 6.45) is 4.28. The minimum absolute atomic E-state index is 0.223. The van der Waals surface area contributed by atoms with E-state index >= 15 is 0 Å². The van der Waals surface area contributed by atoms with E-state index in [2.05, 4.69) is 13.0 Å². The third-order valence-electron chi connectivity index (χ3n) is 3.65. The van der Waals surface area contributed by atoms with Crippen molar-refractivity contribution < 1.29 is 4.79 Å². The third-order valence-corrected chi connectivity index (χ3v) is 4.81. The Kier molecular flexibility index (Phi) is 5.07. The number of thiophene rings is 1. The van der Waals surface area contributed by atoms with Crippen LogP contribution in [-0.4, -0.2) is 29.8 Å². The smallest absolute Gasteiger partial charge is 0.264 e. The van der Waals surface area contributed by atoms with Gasteiger partial charge in [0.2, 0.25) is 0 Å². The number of piperidine rings is 1. The number of hydrogen-bond donors (Lipinski definition) is 0. The van der Waals surface area contributed by atoms with Gasteiger partial charge in [-0.3, -0.25) is 4.79 Å². The minimum Gasteiger partial charge on any atom is -0.338 e. The minimum atomic E-state index is 0.223. The predicted molar refractivity (Wildman–Crippen MR) is 77.7 cm³/mol. The highest BCUT2D eigenvalue weighted by molar-refractivity contribution is 7.12. The Bertz CT molecular complexity index is 402. The number of carbonyl (C=O) groups excluding carboxylic acids is 1. The molecule has 0 spiro atoms. The molecule has 1 aromatic heterocycles. The Morgan fingerprint density at radius 3 is 3.17 bits per heavy atom. The van der Waals surface area contributed by atoms with E-state index in [1.165, 1.54) is 12.0 Å². The van der Waals surface area contributed by atoms with E-state index in [-0.39, 0.29) is 5.91 Å². The number of nitrogens with zero attached hydrogens (tertiary/aromatic N) is 1. The second kappa shape index (κ2) is 6.58. The summed E-state index contributed by atoms with van der Waals surface area (Å²) in [4.78, 5) is 15.4. The van der Waals surface area contributed by atoms with Gasteiger partial charge < -0.3 is 4.90 Å². The van der Waals surface area contributed by atoms with E-state index < -0.39 is 0 Å². The quantitative estimate of drug-likeness (QED) is 0.771. The Hall–Kier alpha value is -0.540. The van der Waals surface area contributed by atoms with E-state index in [4.69, 9.17) is 11.6 Å². The first-order chi connectivity index (χ1) is 8.76. The van der Waals surface area contributed by atoms with Crippen molar-refractivity contribution in [3.8, 4) is 0 Å². The molecule has 1 unspecified atom stereocenters. The maximum Gasteiger partial charge on any atom is 0.264 e. The van der Waals surface area contributed by atoms with Crippen LogP contribution in [0.1, 0.15) is 41.4 Å². The first kappa shape index (κ1) is 13.9. The van der Waals surface area contributed by atoms with E-state index in [0.29, 0.717) is 11.8 Å². The van der Waals surface area contributed by atoms with Crippen LogP contribution in [0.25, 0.3) is 0 Å². The lowest BCUT2D eigenvalue weighted by molar-refractivity contribution is 0.0675. The molecule has 0 bridgehead atoms. The summed E-state index contributed by atoms with van der Waals surface area (Å²) >= 11 is 7.38. The molecule has 0 aromatic carbocycles. The standard InChI is InChI=1S/C14H20ClNOS/c1-2-12-6-9-18-13(12)14(17)16-8-3-4-11(10-16)5-7-15/h6,9,11H,2-5,7-8,10H2,1H3. The van der Waals surface area contributed by atoms with Gasteiger partial charge in [-0.05, 0) is 48.6 Å². The van der Waals surface area contributed by atoms with Gasteiger partial charge in [-0.1, -0.05) is 6.92 Å². The molecule has 0 radical (unpaired) electrons. The zero-order chi connectivity index (χ0) is 13.0. The van der Waals surface area contributed by atoms with Gasteiger partial charge in [0, 0.05) is 19.0 Å². The molecule has 18 heavy (non-hydrogen) atoms.